The highest BCUT2D eigenvalue weighted by molar-refractivity contribution is 5.81. The molecule has 0 saturated carbocycles. The second kappa shape index (κ2) is 9.47. The van der Waals surface area contributed by atoms with E-state index in [4.69, 9.17) is 4.74 Å². The Hall–Kier alpha value is -2.28. The lowest BCUT2D eigenvalue weighted by Crippen LogP contribution is -2.61. The first-order chi connectivity index (χ1) is 14.9. The molecule has 1 amide bonds. The SMILES string of the molecule is Cc1ccc(CNC(=O)[C@H]2CN(C)CC3(CCN(Cc4ccc(F)cc4)CC3)O2)cc1. The molecule has 4 rings (SSSR count). The van der Waals surface area contributed by atoms with Crippen molar-refractivity contribution in [3.63, 3.8) is 0 Å². The molecule has 1 spiro atoms. The number of hydrogen-bond acceptors (Lipinski definition) is 4. The Morgan fingerprint density at radius 2 is 1.74 bits per heavy atom. The predicted octanol–water partition coefficient (Wildman–Crippen LogP) is 3.12. The van der Waals surface area contributed by atoms with Crippen LogP contribution in [0.15, 0.2) is 48.5 Å². The van der Waals surface area contributed by atoms with Crippen LogP contribution in [0.5, 0.6) is 0 Å². The van der Waals surface area contributed by atoms with Gasteiger partial charge in [0.05, 0.1) is 5.60 Å². The number of carbonyl (C=O) groups excluding carboxylic acids is 1. The van der Waals surface area contributed by atoms with Crippen molar-refractivity contribution in [3.8, 4) is 0 Å². The molecule has 0 bridgehead atoms. The van der Waals surface area contributed by atoms with Crippen molar-refractivity contribution < 1.29 is 13.9 Å². The number of piperidine rings is 1. The Bertz CT molecular complexity index is 877. The minimum absolute atomic E-state index is 0.0414. The number of nitrogens with one attached hydrogen (secondary N) is 1. The van der Waals surface area contributed by atoms with Crippen LogP contribution in [0.25, 0.3) is 0 Å². The molecule has 0 aromatic heterocycles. The van der Waals surface area contributed by atoms with Gasteiger partial charge in [-0.3, -0.25) is 9.69 Å². The van der Waals surface area contributed by atoms with E-state index in [1.807, 2.05) is 24.3 Å². The summed E-state index contributed by atoms with van der Waals surface area (Å²) in [6, 6.07) is 14.9. The van der Waals surface area contributed by atoms with Gasteiger partial charge < -0.3 is 15.0 Å². The van der Waals surface area contributed by atoms with E-state index in [0.29, 0.717) is 13.1 Å². The van der Waals surface area contributed by atoms with Gasteiger partial charge in [-0.25, -0.2) is 4.39 Å². The van der Waals surface area contributed by atoms with E-state index in [2.05, 4.69) is 41.2 Å². The van der Waals surface area contributed by atoms with Crippen LogP contribution in [0.3, 0.4) is 0 Å². The zero-order valence-electron chi connectivity index (χ0n) is 18.4. The maximum atomic E-state index is 13.1. The van der Waals surface area contributed by atoms with E-state index in [0.717, 1.165) is 50.1 Å². The Morgan fingerprint density at radius 1 is 1.10 bits per heavy atom. The second-order valence-corrected chi connectivity index (χ2v) is 9.09. The van der Waals surface area contributed by atoms with Crippen LogP contribution in [0.1, 0.15) is 29.5 Å². The third-order valence-electron chi connectivity index (χ3n) is 6.39. The van der Waals surface area contributed by atoms with Gasteiger partial charge in [-0.2, -0.15) is 0 Å². The number of aryl methyl sites for hydroxylation is 1. The van der Waals surface area contributed by atoms with Gasteiger partial charge in [0.25, 0.3) is 5.91 Å². The fourth-order valence-corrected chi connectivity index (χ4v) is 4.60. The molecular weight excluding hydrogens is 393 g/mol. The lowest BCUT2D eigenvalue weighted by atomic mass is 9.88. The van der Waals surface area contributed by atoms with Gasteiger partial charge in [-0.15, -0.1) is 0 Å². The fourth-order valence-electron chi connectivity index (χ4n) is 4.60. The number of rotatable bonds is 5. The molecule has 6 heteroatoms. The van der Waals surface area contributed by atoms with Crippen molar-refractivity contribution in [2.45, 2.75) is 44.6 Å². The summed E-state index contributed by atoms with van der Waals surface area (Å²) in [6.45, 7) is 6.65. The minimum atomic E-state index is -0.451. The molecule has 2 aliphatic heterocycles. The van der Waals surface area contributed by atoms with Gasteiger partial charge in [0.2, 0.25) is 0 Å². The zero-order valence-corrected chi connectivity index (χ0v) is 18.4. The van der Waals surface area contributed by atoms with Gasteiger partial charge in [0.15, 0.2) is 0 Å². The smallest absolute Gasteiger partial charge is 0.250 e. The number of nitrogens with zero attached hydrogens (tertiary/aromatic N) is 2. The molecule has 0 aliphatic carbocycles. The molecule has 2 saturated heterocycles. The van der Waals surface area contributed by atoms with Crippen molar-refractivity contribution in [3.05, 3.63) is 71.0 Å². The Morgan fingerprint density at radius 3 is 2.42 bits per heavy atom. The predicted molar refractivity (Wildman–Crippen MR) is 119 cm³/mol. The van der Waals surface area contributed by atoms with E-state index >= 15 is 0 Å². The lowest BCUT2D eigenvalue weighted by Gasteiger charge is -2.48. The normalized spacial score (nSPS) is 21.8. The lowest BCUT2D eigenvalue weighted by molar-refractivity contribution is -0.182. The molecular formula is C25H32FN3O2. The number of likely N-dealkylation sites (tertiary alicyclic amines) is 1. The van der Waals surface area contributed by atoms with E-state index in [9.17, 15) is 9.18 Å². The van der Waals surface area contributed by atoms with Crippen molar-refractivity contribution in [1.29, 1.82) is 0 Å². The maximum Gasteiger partial charge on any atom is 0.250 e. The van der Waals surface area contributed by atoms with Crippen LogP contribution in [0.4, 0.5) is 4.39 Å². The van der Waals surface area contributed by atoms with Crippen LogP contribution in [-0.2, 0) is 22.6 Å². The summed E-state index contributed by atoms with van der Waals surface area (Å²) < 4.78 is 19.6. The van der Waals surface area contributed by atoms with Gasteiger partial charge in [0, 0.05) is 39.3 Å². The zero-order chi connectivity index (χ0) is 21.8. The average Bonchev–Trinajstić information content (AvgIpc) is 2.76. The van der Waals surface area contributed by atoms with Crippen molar-refractivity contribution >= 4 is 5.91 Å². The second-order valence-electron chi connectivity index (χ2n) is 9.09. The number of carbonyl (C=O) groups is 1. The van der Waals surface area contributed by atoms with Crippen molar-refractivity contribution in [2.75, 3.05) is 33.2 Å². The molecule has 1 atom stereocenters. The van der Waals surface area contributed by atoms with Crippen LogP contribution in [0.2, 0.25) is 0 Å². The van der Waals surface area contributed by atoms with Crippen molar-refractivity contribution in [2.24, 2.45) is 0 Å². The molecule has 2 fully saturated rings. The first-order valence-corrected chi connectivity index (χ1v) is 11.1. The highest BCUT2D eigenvalue weighted by atomic mass is 19.1. The van der Waals surface area contributed by atoms with Gasteiger partial charge in [-0.05, 0) is 50.1 Å². The van der Waals surface area contributed by atoms with Crippen molar-refractivity contribution in [1.82, 2.24) is 15.1 Å². The first-order valence-electron chi connectivity index (χ1n) is 11.1. The summed E-state index contributed by atoms with van der Waals surface area (Å²) in [5.41, 5.74) is 3.14. The number of halogens is 1. The van der Waals surface area contributed by atoms with E-state index in [1.54, 1.807) is 0 Å². The summed E-state index contributed by atoms with van der Waals surface area (Å²) >= 11 is 0. The molecule has 5 nitrogen and oxygen atoms in total. The molecule has 2 aliphatic rings. The number of likely N-dealkylation sites (N-methyl/N-ethyl adjacent to an activating group) is 1. The fraction of sp³-hybridized carbons (Fsp3) is 0.480. The third-order valence-corrected chi connectivity index (χ3v) is 6.39. The Balaban J connectivity index is 1.31. The first kappa shape index (κ1) is 21.9. The molecule has 0 unspecified atom stereocenters. The maximum absolute atomic E-state index is 13.1. The van der Waals surface area contributed by atoms with Crippen LogP contribution in [0, 0.1) is 12.7 Å². The van der Waals surface area contributed by atoms with Crippen LogP contribution < -0.4 is 5.32 Å². The van der Waals surface area contributed by atoms with Gasteiger partial charge in [-0.1, -0.05) is 42.0 Å². The molecule has 2 heterocycles. The summed E-state index contributed by atoms with van der Waals surface area (Å²) in [6.07, 6.45) is 1.33. The Kier molecular flexibility index (Phi) is 6.70. The summed E-state index contributed by atoms with van der Waals surface area (Å²) in [4.78, 5) is 17.4. The minimum Gasteiger partial charge on any atom is -0.359 e. The molecule has 1 N–H and O–H groups in total. The van der Waals surface area contributed by atoms with E-state index in [1.165, 1.54) is 17.7 Å². The summed E-state index contributed by atoms with van der Waals surface area (Å²) in [5, 5.41) is 3.05. The number of benzene rings is 2. The molecule has 2 aromatic rings. The molecule has 166 valence electrons. The number of morpholine rings is 1. The summed E-state index contributed by atoms with van der Waals surface area (Å²) in [7, 11) is 2.06. The monoisotopic (exact) mass is 425 g/mol. The average molecular weight is 426 g/mol. The molecule has 2 aromatic carbocycles. The summed E-state index contributed by atoms with van der Waals surface area (Å²) in [5.74, 6) is -0.244. The number of hydrogen-bond donors (Lipinski definition) is 1. The highest BCUT2D eigenvalue weighted by Crippen LogP contribution is 2.32. The third kappa shape index (κ3) is 5.70. The molecule has 0 radical (unpaired) electrons. The standard InChI is InChI=1S/C25H32FN3O2/c1-19-3-5-20(6-4-19)15-27-24(30)23-17-28(2)18-25(31-23)11-13-29(14-12-25)16-21-7-9-22(26)10-8-21/h3-10,23H,11-18H2,1-2H3,(H,27,30)/t23-/m1/s1. The quantitative estimate of drug-likeness (QED) is 0.800. The van der Waals surface area contributed by atoms with E-state index < -0.39 is 6.10 Å². The topological polar surface area (TPSA) is 44.8 Å². The highest BCUT2D eigenvalue weighted by Gasteiger charge is 2.43. The van der Waals surface area contributed by atoms with E-state index in [-0.39, 0.29) is 17.3 Å². The number of ether oxygens (including phenoxy) is 1. The molecule has 31 heavy (non-hydrogen) atoms. The van der Waals surface area contributed by atoms with Crippen LogP contribution >= 0.6 is 0 Å². The largest absolute Gasteiger partial charge is 0.359 e. The Labute approximate surface area is 184 Å². The van der Waals surface area contributed by atoms with Gasteiger partial charge in [0.1, 0.15) is 11.9 Å². The van der Waals surface area contributed by atoms with Gasteiger partial charge >= 0.3 is 0 Å². The number of amides is 1. The van der Waals surface area contributed by atoms with Crippen LogP contribution in [-0.4, -0.2) is 60.6 Å².